The number of esters is 2. The highest BCUT2D eigenvalue weighted by molar-refractivity contribution is 9.10. The lowest BCUT2D eigenvalue weighted by atomic mass is 10.0. The number of methoxy groups -OCH3 is 3. The molecule has 30 heavy (non-hydrogen) atoms. The number of carbonyl (C=O) groups excluding carboxylic acids is 2. The Hall–Kier alpha value is -3.04. The highest BCUT2D eigenvalue weighted by Gasteiger charge is 2.33. The van der Waals surface area contributed by atoms with E-state index < -0.39 is 11.9 Å². The lowest BCUT2D eigenvalue weighted by molar-refractivity contribution is 0.0549. The highest BCUT2D eigenvalue weighted by atomic mass is 79.9. The standard InChI is InChI=1S/C20H16BrClN2O6/c1-28-12-9-11(14(21)15(22)18(12)25)16-13(19(26)29-2)17(20(27)30-3)24(23-16)10-7-5-4-6-8-10/h4-9,25H,1-3H3. The van der Waals surface area contributed by atoms with Crippen molar-refractivity contribution < 1.29 is 28.9 Å². The third-order valence-electron chi connectivity index (χ3n) is 4.28. The Bertz CT molecular complexity index is 1130. The fourth-order valence-electron chi connectivity index (χ4n) is 2.86. The van der Waals surface area contributed by atoms with Gasteiger partial charge in [-0.2, -0.15) is 5.10 Å². The third-order valence-corrected chi connectivity index (χ3v) is 5.70. The van der Waals surface area contributed by atoms with E-state index in [1.54, 1.807) is 30.3 Å². The number of phenolic OH excluding ortho intramolecular Hbond substituents is 1. The molecule has 0 atom stereocenters. The van der Waals surface area contributed by atoms with E-state index in [1.807, 2.05) is 0 Å². The highest BCUT2D eigenvalue weighted by Crippen LogP contribution is 2.46. The van der Waals surface area contributed by atoms with Gasteiger partial charge in [0.15, 0.2) is 17.2 Å². The molecule has 0 aliphatic carbocycles. The molecule has 0 saturated carbocycles. The quantitative estimate of drug-likeness (QED) is 0.528. The number of aromatic hydroxyl groups is 1. The lowest BCUT2D eigenvalue weighted by Gasteiger charge is -2.11. The van der Waals surface area contributed by atoms with Crippen molar-refractivity contribution >= 4 is 39.5 Å². The first-order valence-electron chi connectivity index (χ1n) is 8.46. The normalized spacial score (nSPS) is 10.6. The zero-order valence-corrected chi connectivity index (χ0v) is 18.4. The van der Waals surface area contributed by atoms with Gasteiger partial charge < -0.3 is 19.3 Å². The minimum atomic E-state index is -0.803. The van der Waals surface area contributed by atoms with E-state index in [9.17, 15) is 14.7 Å². The van der Waals surface area contributed by atoms with Crippen molar-refractivity contribution in [1.29, 1.82) is 0 Å². The van der Waals surface area contributed by atoms with Crippen molar-refractivity contribution in [1.82, 2.24) is 9.78 Å². The van der Waals surface area contributed by atoms with Crippen molar-refractivity contribution in [3.8, 4) is 28.4 Å². The number of benzene rings is 2. The molecule has 0 aliphatic rings. The summed E-state index contributed by atoms with van der Waals surface area (Å²) in [7, 11) is 3.74. The molecule has 2 aromatic carbocycles. The molecular weight excluding hydrogens is 480 g/mol. The molecule has 3 rings (SSSR count). The molecule has 0 spiro atoms. The van der Waals surface area contributed by atoms with Crippen LogP contribution in [0.5, 0.6) is 11.5 Å². The number of hydrogen-bond acceptors (Lipinski definition) is 7. The zero-order valence-electron chi connectivity index (χ0n) is 16.1. The van der Waals surface area contributed by atoms with Crippen LogP contribution >= 0.6 is 27.5 Å². The SMILES string of the molecule is COC(=O)c1c(-c2cc(OC)c(O)c(Cl)c2Br)nn(-c2ccccc2)c1C(=O)OC. The predicted octanol–water partition coefficient (Wildman–Crippen LogP) is 4.24. The lowest BCUT2D eigenvalue weighted by Crippen LogP contribution is -2.15. The topological polar surface area (TPSA) is 99.9 Å². The van der Waals surface area contributed by atoms with E-state index in [-0.39, 0.29) is 37.9 Å². The summed E-state index contributed by atoms with van der Waals surface area (Å²) < 4.78 is 16.5. The molecule has 3 aromatic rings. The average molecular weight is 496 g/mol. The van der Waals surface area contributed by atoms with Crippen LogP contribution in [0.1, 0.15) is 20.8 Å². The third kappa shape index (κ3) is 3.61. The van der Waals surface area contributed by atoms with Gasteiger partial charge in [0.25, 0.3) is 0 Å². The summed E-state index contributed by atoms with van der Waals surface area (Å²) in [6.45, 7) is 0. The van der Waals surface area contributed by atoms with E-state index in [0.29, 0.717) is 11.3 Å². The zero-order chi connectivity index (χ0) is 22.0. The maximum absolute atomic E-state index is 12.7. The second-order valence-electron chi connectivity index (χ2n) is 5.91. The maximum atomic E-state index is 12.7. The minimum absolute atomic E-state index is 0.0472. The second kappa shape index (κ2) is 8.76. The van der Waals surface area contributed by atoms with Crippen LogP contribution in [0.15, 0.2) is 40.9 Å². The molecule has 8 nitrogen and oxygen atoms in total. The molecule has 0 radical (unpaired) electrons. The molecule has 0 unspecified atom stereocenters. The fraction of sp³-hybridized carbons (Fsp3) is 0.150. The molecule has 10 heteroatoms. The van der Waals surface area contributed by atoms with Gasteiger partial charge in [-0.1, -0.05) is 29.8 Å². The van der Waals surface area contributed by atoms with Gasteiger partial charge in [0.1, 0.15) is 16.3 Å². The molecule has 1 heterocycles. The smallest absolute Gasteiger partial charge is 0.357 e. The van der Waals surface area contributed by atoms with Crippen LogP contribution in [0.3, 0.4) is 0 Å². The van der Waals surface area contributed by atoms with E-state index in [0.717, 1.165) is 0 Å². The summed E-state index contributed by atoms with van der Waals surface area (Å²) in [5.74, 6) is -1.82. The van der Waals surface area contributed by atoms with Crippen LogP contribution in [0, 0.1) is 0 Å². The monoisotopic (exact) mass is 494 g/mol. The largest absolute Gasteiger partial charge is 0.503 e. The molecule has 0 fully saturated rings. The Morgan fingerprint density at radius 1 is 1.10 bits per heavy atom. The molecule has 0 bridgehead atoms. The molecule has 1 N–H and O–H groups in total. The number of phenols is 1. The van der Waals surface area contributed by atoms with Gasteiger partial charge in [0, 0.05) is 10.0 Å². The van der Waals surface area contributed by atoms with E-state index >= 15 is 0 Å². The van der Waals surface area contributed by atoms with Gasteiger partial charge in [0.05, 0.1) is 27.0 Å². The van der Waals surface area contributed by atoms with Crippen LogP contribution in [-0.2, 0) is 9.47 Å². The second-order valence-corrected chi connectivity index (χ2v) is 7.08. The van der Waals surface area contributed by atoms with Gasteiger partial charge in [-0.15, -0.1) is 0 Å². The van der Waals surface area contributed by atoms with Gasteiger partial charge in [-0.05, 0) is 34.1 Å². The Morgan fingerprint density at radius 3 is 2.30 bits per heavy atom. The minimum Gasteiger partial charge on any atom is -0.503 e. The Balaban J connectivity index is 2.44. The Labute approximate surface area is 185 Å². The molecular formula is C20H16BrClN2O6. The van der Waals surface area contributed by atoms with Crippen LogP contribution in [-0.4, -0.2) is 48.2 Å². The van der Waals surface area contributed by atoms with E-state index in [4.69, 9.17) is 25.8 Å². The van der Waals surface area contributed by atoms with Crippen LogP contribution in [0.2, 0.25) is 5.02 Å². The van der Waals surface area contributed by atoms with Gasteiger partial charge in [0.2, 0.25) is 0 Å². The first kappa shape index (κ1) is 21.7. The maximum Gasteiger partial charge on any atom is 0.357 e. The van der Waals surface area contributed by atoms with Gasteiger partial charge in [-0.25, -0.2) is 14.3 Å². The molecule has 0 aliphatic heterocycles. The van der Waals surface area contributed by atoms with Gasteiger partial charge in [-0.3, -0.25) is 0 Å². The van der Waals surface area contributed by atoms with Crippen LogP contribution in [0.4, 0.5) is 0 Å². The first-order valence-corrected chi connectivity index (χ1v) is 9.63. The molecule has 0 saturated heterocycles. The fourth-order valence-corrected chi connectivity index (χ4v) is 3.55. The van der Waals surface area contributed by atoms with E-state index in [1.165, 1.54) is 32.1 Å². The predicted molar refractivity (Wildman–Crippen MR) is 113 cm³/mol. The Kier molecular flexibility index (Phi) is 6.33. The van der Waals surface area contributed by atoms with Crippen molar-refractivity contribution in [3.05, 3.63) is 57.2 Å². The van der Waals surface area contributed by atoms with Crippen LogP contribution in [0.25, 0.3) is 16.9 Å². The summed E-state index contributed by atoms with van der Waals surface area (Å²) in [4.78, 5) is 25.3. The average Bonchev–Trinajstić information content (AvgIpc) is 3.17. The molecule has 0 amide bonds. The molecule has 1 aromatic heterocycles. The number of nitrogens with zero attached hydrogens (tertiary/aromatic N) is 2. The Morgan fingerprint density at radius 2 is 1.73 bits per heavy atom. The summed E-state index contributed by atoms with van der Waals surface area (Å²) in [5.41, 5.74) is 0.647. The summed E-state index contributed by atoms with van der Waals surface area (Å²) in [5, 5.41) is 14.6. The number of rotatable bonds is 5. The number of aromatic nitrogens is 2. The van der Waals surface area contributed by atoms with Gasteiger partial charge >= 0.3 is 11.9 Å². The first-order chi connectivity index (χ1) is 14.3. The summed E-state index contributed by atoms with van der Waals surface area (Å²) in [6, 6.07) is 10.2. The number of halogens is 2. The molecule has 156 valence electrons. The number of carbonyl (C=O) groups is 2. The number of ether oxygens (including phenoxy) is 3. The number of para-hydroxylation sites is 1. The van der Waals surface area contributed by atoms with E-state index in [2.05, 4.69) is 21.0 Å². The number of hydrogen-bond donors (Lipinski definition) is 1. The van der Waals surface area contributed by atoms with Crippen LogP contribution < -0.4 is 4.74 Å². The van der Waals surface area contributed by atoms with Crippen molar-refractivity contribution in [2.24, 2.45) is 0 Å². The summed E-state index contributed by atoms with van der Waals surface area (Å²) in [6.07, 6.45) is 0. The van der Waals surface area contributed by atoms with Crippen molar-refractivity contribution in [2.45, 2.75) is 0 Å². The van der Waals surface area contributed by atoms with Crippen molar-refractivity contribution in [3.63, 3.8) is 0 Å². The van der Waals surface area contributed by atoms with Crippen molar-refractivity contribution in [2.75, 3.05) is 21.3 Å². The summed E-state index contributed by atoms with van der Waals surface area (Å²) >= 11 is 9.53.